The number of nitrogens with two attached hydrogens (primary N) is 1. The lowest BCUT2D eigenvalue weighted by Crippen LogP contribution is -2.17. The van der Waals surface area contributed by atoms with Crippen molar-refractivity contribution in [2.75, 3.05) is 6.61 Å². The minimum Gasteiger partial charge on any atom is -0.376 e. The Balaban J connectivity index is 1.73. The Morgan fingerprint density at radius 1 is 1.40 bits per heavy atom. The van der Waals surface area contributed by atoms with Crippen LogP contribution < -0.4 is 5.73 Å². The van der Waals surface area contributed by atoms with Crippen molar-refractivity contribution in [3.05, 3.63) is 29.8 Å². The molecule has 1 atom stereocenters. The zero-order valence-corrected chi connectivity index (χ0v) is 10.9. The molecule has 1 aromatic carbocycles. The van der Waals surface area contributed by atoms with Crippen LogP contribution in [0.25, 0.3) is 11.4 Å². The minimum atomic E-state index is -0.452. The van der Waals surface area contributed by atoms with E-state index < -0.39 is 5.91 Å². The number of carbonyl (C=O) groups is 1. The third-order valence-electron chi connectivity index (χ3n) is 3.27. The number of rotatable bonds is 4. The second-order valence-electron chi connectivity index (χ2n) is 4.74. The number of carbonyl (C=O) groups excluding carboxylic acids is 1. The normalized spacial score (nSPS) is 18.3. The van der Waals surface area contributed by atoms with E-state index in [1.54, 1.807) is 29.1 Å². The van der Waals surface area contributed by atoms with E-state index in [2.05, 4.69) is 15.4 Å². The molecule has 0 saturated carbocycles. The first kappa shape index (κ1) is 12.7. The summed E-state index contributed by atoms with van der Waals surface area (Å²) in [6, 6.07) is 6.82. The van der Waals surface area contributed by atoms with E-state index in [0.717, 1.165) is 25.0 Å². The van der Waals surface area contributed by atoms with Gasteiger partial charge in [-0.05, 0) is 30.2 Å². The highest BCUT2D eigenvalue weighted by molar-refractivity contribution is 5.93. The molecule has 1 saturated heterocycles. The molecule has 0 radical (unpaired) electrons. The Morgan fingerprint density at radius 2 is 2.20 bits per heavy atom. The fraction of sp³-hybridized carbons (Fsp3) is 0.385. The van der Waals surface area contributed by atoms with Gasteiger partial charge in [0.15, 0.2) is 0 Å². The van der Waals surface area contributed by atoms with Crippen LogP contribution in [0.5, 0.6) is 0 Å². The molecule has 0 unspecified atom stereocenters. The van der Waals surface area contributed by atoms with E-state index in [1.807, 2.05) is 0 Å². The Hall–Kier alpha value is -2.28. The van der Waals surface area contributed by atoms with Gasteiger partial charge in [-0.25, -0.2) is 0 Å². The number of ether oxygens (including phenoxy) is 1. The molecule has 1 aliphatic heterocycles. The van der Waals surface area contributed by atoms with E-state index in [0.29, 0.717) is 17.9 Å². The summed E-state index contributed by atoms with van der Waals surface area (Å²) in [5.41, 5.74) is 6.46. The van der Waals surface area contributed by atoms with Gasteiger partial charge in [0, 0.05) is 17.7 Å². The second-order valence-corrected chi connectivity index (χ2v) is 4.74. The quantitative estimate of drug-likeness (QED) is 0.880. The number of primary amides is 1. The van der Waals surface area contributed by atoms with Gasteiger partial charge >= 0.3 is 0 Å². The zero-order chi connectivity index (χ0) is 13.9. The van der Waals surface area contributed by atoms with Crippen LogP contribution in [0, 0.1) is 0 Å². The molecule has 0 bridgehead atoms. The largest absolute Gasteiger partial charge is 0.376 e. The molecule has 0 spiro atoms. The van der Waals surface area contributed by atoms with Gasteiger partial charge in [-0.15, -0.1) is 10.2 Å². The highest BCUT2D eigenvalue weighted by atomic mass is 16.5. The lowest BCUT2D eigenvalue weighted by molar-refractivity contribution is 0.0898. The molecule has 104 valence electrons. The average Bonchev–Trinajstić information content (AvgIpc) is 3.11. The fourth-order valence-corrected chi connectivity index (χ4v) is 2.19. The van der Waals surface area contributed by atoms with Crippen molar-refractivity contribution >= 4 is 5.91 Å². The van der Waals surface area contributed by atoms with Crippen LogP contribution in [0.4, 0.5) is 0 Å². The summed E-state index contributed by atoms with van der Waals surface area (Å²) >= 11 is 0. The van der Waals surface area contributed by atoms with Crippen molar-refractivity contribution in [1.82, 2.24) is 20.2 Å². The topological polar surface area (TPSA) is 95.9 Å². The maximum atomic E-state index is 11.0. The first-order valence-electron chi connectivity index (χ1n) is 6.52. The number of amides is 1. The molecule has 2 aromatic rings. The summed E-state index contributed by atoms with van der Waals surface area (Å²) in [7, 11) is 0. The Labute approximate surface area is 115 Å². The van der Waals surface area contributed by atoms with Crippen LogP contribution in [0.15, 0.2) is 24.3 Å². The van der Waals surface area contributed by atoms with Gasteiger partial charge in [-0.1, -0.05) is 12.1 Å². The van der Waals surface area contributed by atoms with Crippen LogP contribution in [0.2, 0.25) is 0 Å². The van der Waals surface area contributed by atoms with E-state index >= 15 is 0 Å². The Kier molecular flexibility index (Phi) is 3.42. The van der Waals surface area contributed by atoms with Crippen molar-refractivity contribution in [3.8, 4) is 11.4 Å². The molecule has 1 amide bonds. The summed E-state index contributed by atoms with van der Waals surface area (Å²) in [4.78, 5) is 12.6. The third kappa shape index (κ3) is 2.67. The zero-order valence-electron chi connectivity index (χ0n) is 10.9. The molecule has 20 heavy (non-hydrogen) atoms. The van der Waals surface area contributed by atoms with Gasteiger partial charge in [-0.3, -0.25) is 4.79 Å². The second kappa shape index (κ2) is 5.38. The summed E-state index contributed by atoms with van der Waals surface area (Å²) in [5.74, 6) is 0.0746. The molecule has 3 rings (SSSR count). The SMILES string of the molecule is NC(=O)c1ccc(-c2nnn(C[C@H]3CCCO3)n2)cc1. The van der Waals surface area contributed by atoms with Crippen molar-refractivity contribution in [1.29, 1.82) is 0 Å². The van der Waals surface area contributed by atoms with Gasteiger partial charge in [0.05, 0.1) is 12.6 Å². The Morgan fingerprint density at radius 3 is 2.85 bits per heavy atom. The van der Waals surface area contributed by atoms with Crippen molar-refractivity contribution < 1.29 is 9.53 Å². The lowest BCUT2D eigenvalue weighted by Gasteiger charge is -2.06. The molecule has 1 aromatic heterocycles. The maximum absolute atomic E-state index is 11.0. The number of benzene rings is 1. The standard InChI is InChI=1S/C13H15N5O2/c14-12(19)9-3-5-10(6-4-9)13-15-17-18(16-13)8-11-2-1-7-20-11/h3-6,11H,1-2,7-8H2,(H2,14,19)/t11-/m1/s1. The van der Waals surface area contributed by atoms with Crippen LogP contribution in [-0.2, 0) is 11.3 Å². The first-order chi connectivity index (χ1) is 9.72. The van der Waals surface area contributed by atoms with E-state index in [4.69, 9.17) is 10.5 Å². The Bertz CT molecular complexity index is 601. The number of aromatic nitrogens is 4. The third-order valence-corrected chi connectivity index (χ3v) is 3.27. The summed E-state index contributed by atoms with van der Waals surface area (Å²) in [5, 5.41) is 12.3. The molecule has 7 heteroatoms. The van der Waals surface area contributed by atoms with Gasteiger partial charge in [-0.2, -0.15) is 4.80 Å². The number of tetrazole rings is 1. The monoisotopic (exact) mass is 273 g/mol. The summed E-state index contributed by atoms with van der Waals surface area (Å²) in [6.45, 7) is 1.42. The molecule has 2 heterocycles. The number of hydrogen-bond acceptors (Lipinski definition) is 5. The van der Waals surface area contributed by atoms with E-state index in [9.17, 15) is 4.79 Å². The summed E-state index contributed by atoms with van der Waals surface area (Å²) < 4.78 is 5.53. The van der Waals surface area contributed by atoms with Crippen molar-refractivity contribution in [2.24, 2.45) is 5.73 Å². The minimum absolute atomic E-state index is 0.175. The summed E-state index contributed by atoms with van der Waals surface area (Å²) in [6.07, 6.45) is 2.29. The molecule has 1 fully saturated rings. The lowest BCUT2D eigenvalue weighted by atomic mass is 10.1. The van der Waals surface area contributed by atoms with E-state index in [1.165, 1.54) is 0 Å². The predicted molar refractivity (Wildman–Crippen MR) is 70.7 cm³/mol. The number of nitrogens with zero attached hydrogens (tertiary/aromatic N) is 4. The van der Waals surface area contributed by atoms with Crippen LogP contribution in [0.1, 0.15) is 23.2 Å². The molecule has 1 aliphatic rings. The molecule has 0 aliphatic carbocycles. The van der Waals surface area contributed by atoms with E-state index in [-0.39, 0.29) is 6.10 Å². The van der Waals surface area contributed by atoms with Gasteiger partial charge in [0.2, 0.25) is 11.7 Å². The van der Waals surface area contributed by atoms with Gasteiger partial charge < -0.3 is 10.5 Å². The van der Waals surface area contributed by atoms with Crippen molar-refractivity contribution in [2.45, 2.75) is 25.5 Å². The smallest absolute Gasteiger partial charge is 0.248 e. The van der Waals surface area contributed by atoms with Gasteiger partial charge in [0.1, 0.15) is 0 Å². The van der Waals surface area contributed by atoms with Gasteiger partial charge in [0.25, 0.3) is 0 Å². The molecule has 2 N–H and O–H groups in total. The van der Waals surface area contributed by atoms with Crippen LogP contribution in [0.3, 0.4) is 0 Å². The van der Waals surface area contributed by atoms with Crippen LogP contribution >= 0.6 is 0 Å². The molecular weight excluding hydrogens is 258 g/mol. The highest BCUT2D eigenvalue weighted by Gasteiger charge is 2.17. The molecule has 7 nitrogen and oxygen atoms in total. The molecular formula is C13H15N5O2. The first-order valence-corrected chi connectivity index (χ1v) is 6.52. The number of hydrogen-bond donors (Lipinski definition) is 1. The van der Waals surface area contributed by atoms with Crippen LogP contribution in [-0.4, -0.2) is 38.8 Å². The fourth-order valence-electron chi connectivity index (χ4n) is 2.19. The average molecular weight is 273 g/mol. The highest BCUT2D eigenvalue weighted by Crippen LogP contribution is 2.16. The maximum Gasteiger partial charge on any atom is 0.248 e. The predicted octanol–water partition coefficient (Wildman–Crippen LogP) is 0.618. The van der Waals surface area contributed by atoms with Crippen molar-refractivity contribution in [3.63, 3.8) is 0 Å².